The lowest BCUT2D eigenvalue weighted by Crippen LogP contribution is -2.26. The minimum Gasteiger partial charge on any atom is -0.390 e. The molecule has 2 nitrogen and oxygen atoms in total. The molecule has 0 aromatic carbocycles. The average molecular weight is 202 g/mol. The van der Waals surface area contributed by atoms with Crippen molar-refractivity contribution in [2.24, 2.45) is 5.92 Å². The highest BCUT2D eigenvalue weighted by Gasteiger charge is 2.15. The minimum absolute atomic E-state index is 0.514. The normalized spacial score (nSPS) is 15.9. The van der Waals surface area contributed by atoms with Crippen LogP contribution in [0.25, 0.3) is 0 Å². The molecule has 0 bridgehead atoms. The van der Waals surface area contributed by atoms with Crippen LogP contribution in [-0.2, 0) is 0 Å². The van der Waals surface area contributed by atoms with Gasteiger partial charge in [-0.3, -0.25) is 0 Å². The number of hydrogen-bond acceptors (Lipinski definition) is 2. The topological polar surface area (TPSA) is 40.5 Å². The van der Waals surface area contributed by atoms with Gasteiger partial charge in [0.1, 0.15) is 0 Å². The predicted molar refractivity (Wildman–Crippen MR) is 60.2 cm³/mol. The molecule has 0 aromatic rings. The van der Waals surface area contributed by atoms with Crippen LogP contribution >= 0.6 is 0 Å². The SMILES string of the molecule is CCCCCC(O)C(O)CCC(C)C. The zero-order chi connectivity index (χ0) is 11.0. The van der Waals surface area contributed by atoms with Crippen molar-refractivity contribution in [2.45, 2.75) is 71.5 Å². The van der Waals surface area contributed by atoms with Gasteiger partial charge in [-0.15, -0.1) is 0 Å². The molecule has 0 spiro atoms. The van der Waals surface area contributed by atoms with Crippen LogP contribution in [0.15, 0.2) is 0 Å². The summed E-state index contributed by atoms with van der Waals surface area (Å²) < 4.78 is 0. The largest absolute Gasteiger partial charge is 0.390 e. The van der Waals surface area contributed by atoms with Gasteiger partial charge < -0.3 is 10.2 Å². The van der Waals surface area contributed by atoms with Crippen LogP contribution < -0.4 is 0 Å². The van der Waals surface area contributed by atoms with Crippen LogP contribution in [0.4, 0.5) is 0 Å². The summed E-state index contributed by atoms with van der Waals surface area (Å²) in [6.07, 6.45) is 4.76. The fraction of sp³-hybridized carbons (Fsp3) is 1.00. The molecule has 0 fully saturated rings. The number of hydrogen-bond donors (Lipinski definition) is 2. The molecule has 0 radical (unpaired) electrons. The zero-order valence-corrected chi connectivity index (χ0v) is 9.87. The smallest absolute Gasteiger partial charge is 0.0799 e. The average Bonchev–Trinajstić information content (AvgIpc) is 2.14. The van der Waals surface area contributed by atoms with Gasteiger partial charge in [0.2, 0.25) is 0 Å². The molecule has 2 heteroatoms. The lowest BCUT2D eigenvalue weighted by atomic mass is 9.99. The monoisotopic (exact) mass is 202 g/mol. The first-order valence-corrected chi connectivity index (χ1v) is 5.94. The third kappa shape index (κ3) is 7.34. The third-order valence-corrected chi connectivity index (χ3v) is 2.59. The molecule has 2 unspecified atom stereocenters. The Morgan fingerprint density at radius 3 is 1.93 bits per heavy atom. The molecule has 0 aromatic heterocycles. The van der Waals surface area contributed by atoms with E-state index in [1.165, 1.54) is 0 Å². The summed E-state index contributed by atoms with van der Waals surface area (Å²) in [4.78, 5) is 0. The van der Waals surface area contributed by atoms with Gasteiger partial charge in [0, 0.05) is 0 Å². The molecule has 0 heterocycles. The van der Waals surface area contributed by atoms with E-state index in [2.05, 4.69) is 20.8 Å². The van der Waals surface area contributed by atoms with Crippen molar-refractivity contribution in [3.8, 4) is 0 Å². The molecule has 0 aliphatic carbocycles. The molecule has 86 valence electrons. The van der Waals surface area contributed by atoms with E-state index in [9.17, 15) is 10.2 Å². The second-order valence-corrected chi connectivity index (χ2v) is 4.60. The summed E-state index contributed by atoms with van der Waals surface area (Å²) in [5, 5.41) is 19.2. The van der Waals surface area contributed by atoms with E-state index in [4.69, 9.17) is 0 Å². The van der Waals surface area contributed by atoms with Gasteiger partial charge in [0.05, 0.1) is 12.2 Å². The van der Waals surface area contributed by atoms with E-state index in [1.807, 2.05) is 0 Å². The Morgan fingerprint density at radius 2 is 1.43 bits per heavy atom. The Kier molecular flexibility index (Phi) is 8.20. The summed E-state index contributed by atoms with van der Waals surface area (Å²) >= 11 is 0. The second kappa shape index (κ2) is 8.25. The van der Waals surface area contributed by atoms with Crippen molar-refractivity contribution in [1.82, 2.24) is 0 Å². The molecule has 2 N–H and O–H groups in total. The van der Waals surface area contributed by atoms with Gasteiger partial charge in [0.15, 0.2) is 0 Å². The van der Waals surface area contributed by atoms with Gasteiger partial charge in [-0.1, -0.05) is 40.0 Å². The second-order valence-electron chi connectivity index (χ2n) is 4.60. The summed E-state index contributed by atoms with van der Waals surface area (Å²) in [6.45, 7) is 6.41. The fourth-order valence-electron chi connectivity index (χ4n) is 1.49. The van der Waals surface area contributed by atoms with Crippen molar-refractivity contribution in [1.29, 1.82) is 0 Å². The summed E-state index contributed by atoms with van der Waals surface area (Å²) in [7, 11) is 0. The van der Waals surface area contributed by atoms with E-state index in [1.54, 1.807) is 0 Å². The standard InChI is InChI=1S/C12H26O2/c1-4-5-6-7-11(13)12(14)9-8-10(2)3/h10-14H,4-9H2,1-3H3. The Bertz CT molecular complexity index is 123. The van der Waals surface area contributed by atoms with Gasteiger partial charge >= 0.3 is 0 Å². The molecular formula is C12H26O2. The predicted octanol–water partition coefficient (Wildman–Crippen LogP) is 2.72. The first kappa shape index (κ1) is 13.9. The highest BCUT2D eigenvalue weighted by molar-refractivity contribution is 4.67. The Hall–Kier alpha value is -0.0800. The van der Waals surface area contributed by atoms with Crippen LogP contribution in [-0.4, -0.2) is 22.4 Å². The van der Waals surface area contributed by atoms with Crippen molar-refractivity contribution in [2.75, 3.05) is 0 Å². The van der Waals surface area contributed by atoms with Crippen molar-refractivity contribution in [3.63, 3.8) is 0 Å². The van der Waals surface area contributed by atoms with Crippen LogP contribution in [0.1, 0.15) is 59.3 Å². The first-order chi connectivity index (χ1) is 6.57. The first-order valence-electron chi connectivity index (χ1n) is 5.94. The van der Waals surface area contributed by atoms with E-state index in [-0.39, 0.29) is 0 Å². The molecular weight excluding hydrogens is 176 g/mol. The van der Waals surface area contributed by atoms with E-state index in [0.717, 1.165) is 38.5 Å². The Morgan fingerprint density at radius 1 is 0.857 bits per heavy atom. The number of aliphatic hydroxyl groups is 2. The van der Waals surface area contributed by atoms with Crippen LogP contribution in [0.5, 0.6) is 0 Å². The lowest BCUT2D eigenvalue weighted by molar-refractivity contribution is 0.00582. The Balaban J connectivity index is 3.49. The molecule has 0 saturated heterocycles. The molecule has 14 heavy (non-hydrogen) atoms. The summed E-state index contributed by atoms with van der Waals surface area (Å²) in [6, 6.07) is 0. The van der Waals surface area contributed by atoms with Gasteiger partial charge in [-0.25, -0.2) is 0 Å². The molecule has 0 aliphatic rings. The quantitative estimate of drug-likeness (QED) is 0.594. The molecule has 0 aliphatic heterocycles. The maximum atomic E-state index is 9.62. The third-order valence-electron chi connectivity index (χ3n) is 2.59. The molecule has 0 amide bonds. The zero-order valence-electron chi connectivity index (χ0n) is 9.87. The number of aliphatic hydroxyl groups excluding tert-OH is 2. The molecule has 2 atom stereocenters. The summed E-state index contributed by atoms with van der Waals surface area (Å²) in [5.74, 6) is 0.604. The van der Waals surface area contributed by atoms with Gasteiger partial charge in [-0.05, 0) is 25.2 Å². The highest BCUT2D eigenvalue weighted by Crippen LogP contribution is 2.13. The van der Waals surface area contributed by atoms with Crippen LogP contribution in [0.2, 0.25) is 0 Å². The summed E-state index contributed by atoms with van der Waals surface area (Å²) in [5.41, 5.74) is 0. The Labute approximate surface area is 88.3 Å². The molecule has 0 rings (SSSR count). The van der Waals surface area contributed by atoms with Crippen LogP contribution in [0, 0.1) is 5.92 Å². The lowest BCUT2D eigenvalue weighted by Gasteiger charge is -2.18. The van der Waals surface area contributed by atoms with E-state index in [0.29, 0.717) is 5.92 Å². The molecule has 0 saturated carbocycles. The highest BCUT2D eigenvalue weighted by atomic mass is 16.3. The van der Waals surface area contributed by atoms with Crippen molar-refractivity contribution >= 4 is 0 Å². The van der Waals surface area contributed by atoms with E-state index < -0.39 is 12.2 Å². The maximum Gasteiger partial charge on any atom is 0.0799 e. The minimum atomic E-state index is -0.519. The van der Waals surface area contributed by atoms with E-state index >= 15 is 0 Å². The number of rotatable bonds is 8. The van der Waals surface area contributed by atoms with Gasteiger partial charge in [0.25, 0.3) is 0 Å². The number of unbranched alkanes of at least 4 members (excludes halogenated alkanes) is 2. The fourth-order valence-corrected chi connectivity index (χ4v) is 1.49. The van der Waals surface area contributed by atoms with Crippen molar-refractivity contribution < 1.29 is 10.2 Å². The van der Waals surface area contributed by atoms with Gasteiger partial charge in [-0.2, -0.15) is 0 Å². The van der Waals surface area contributed by atoms with Crippen molar-refractivity contribution in [3.05, 3.63) is 0 Å². The van der Waals surface area contributed by atoms with Crippen LogP contribution in [0.3, 0.4) is 0 Å². The maximum absolute atomic E-state index is 9.62.